The smallest absolute Gasteiger partial charge is 0.295 e. The lowest BCUT2D eigenvalue weighted by molar-refractivity contribution is 0.0995. The van der Waals surface area contributed by atoms with Crippen molar-refractivity contribution in [3.05, 3.63) is 89.5 Å². The van der Waals surface area contributed by atoms with Crippen LogP contribution in [0.5, 0.6) is 5.88 Å². The first-order chi connectivity index (χ1) is 16.2. The highest BCUT2D eigenvalue weighted by Gasteiger charge is 2.19. The highest BCUT2D eigenvalue weighted by atomic mass is 32.2. The van der Waals surface area contributed by atoms with Crippen molar-refractivity contribution in [3.8, 4) is 5.88 Å². The predicted octanol–water partition coefficient (Wildman–Crippen LogP) is 5.08. The van der Waals surface area contributed by atoms with E-state index in [2.05, 4.69) is 10.2 Å². The van der Waals surface area contributed by atoms with E-state index >= 15 is 0 Å². The van der Waals surface area contributed by atoms with Crippen LogP contribution in [0.3, 0.4) is 0 Å². The normalized spacial score (nSPS) is 11.9. The van der Waals surface area contributed by atoms with Crippen molar-refractivity contribution in [1.29, 1.82) is 0 Å². The summed E-state index contributed by atoms with van der Waals surface area (Å²) in [5.74, 6) is -0.697. The third-order valence-corrected chi connectivity index (χ3v) is 6.81. The number of aromatic hydroxyl groups is 1. The molecule has 4 rings (SSSR count). The second kappa shape index (κ2) is 9.11. The van der Waals surface area contributed by atoms with Crippen molar-refractivity contribution >= 4 is 38.2 Å². The Labute approximate surface area is 197 Å². The average Bonchev–Trinajstić information content (AvgIpc) is 3.06. The molecule has 0 aliphatic heterocycles. The Morgan fingerprint density at radius 1 is 1.00 bits per heavy atom. The van der Waals surface area contributed by atoms with Crippen LogP contribution in [0, 0.1) is 6.92 Å². The number of aromatic nitrogens is 1. The van der Waals surface area contributed by atoms with E-state index in [1.54, 1.807) is 29.8 Å². The van der Waals surface area contributed by atoms with Crippen LogP contribution in [0.2, 0.25) is 0 Å². The summed E-state index contributed by atoms with van der Waals surface area (Å²) in [6.07, 6.45) is 1.15. The minimum atomic E-state index is -3.56. The molecule has 0 saturated carbocycles. The first-order valence-corrected chi connectivity index (χ1v) is 12.4. The molecule has 0 aliphatic carbocycles. The average molecular weight is 477 g/mol. The summed E-state index contributed by atoms with van der Waals surface area (Å²) in [7, 11) is -1.86. The number of hydrogen-bond acceptors (Lipinski definition) is 5. The number of azo groups is 1. The van der Waals surface area contributed by atoms with Gasteiger partial charge in [0, 0.05) is 18.0 Å². The third kappa shape index (κ3) is 4.55. The lowest BCUT2D eigenvalue weighted by Crippen LogP contribution is -2.29. The summed E-state index contributed by atoms with van der Waals surface area (Å²) in [6, 6.07) is 21.0. The Balaban J connectivity index is 1.59. The minimum absolute atomic E-state index is 0.0897. The Hall–Kier alpha value is -3.98. The van der Waals surface area contributed by atoms with Crippen molar-refractivity contribution in [2.24, 2.45) is 17.3 Å². The van der Waals surface area contributed by atoms with E-state index in [-0.39, 0.29) is 23.7 Å². The van der Waals surface area contributed by atoms with Gasteiger partial charge >= 0.3 is 0 Å². The van der Waals surface area contributed by atoms with Gasteiger partial charge in [0.05, 0.1) is 24.0 Å². The number of amides is 1. The summed E-state index contributed by atoms with van der Waals surface area (Å²) in [4.78, 5) is 12.6. The van der Waals surface area contributed by atoms with Crippen molar-refractivity contribution < 1.29 is 18.3 Å². The van der Waals surface area contributed by atoms with E-state index in [4.69, 9.17) is 0 Å². The molecule has 34 heavy (non-hydrogen) atoms. The molecule has 1 N–H and O–H groups in total. The number of hydrogen-bond donors (Lipinski definition) is 1. The van der Waals surface area contributed by atoms with Crippen molar-refractivity contribution in [2.45, 2.75) is 13.5 Å². The molecule has 0 saturated heterocycles. The Bertz CT molecular complexity index is 1510. The molecule has 0 spiro atoms. The number of benzene rings is 3. The Kier molecular flexibility index (Phi) is 6.21. The summed E-state index contributed by atoms with van der Waals surface area (Å²) < 4.78 is 27.8. The Morgan fingerprint density at radius 2 is 1.65 bits per heavy atom. The minimum Gasteiger partial charge on any atom is -0.493 e. The van der Waals surface area contributed by atoms with Crippen molar-refractivity contribution in [1.82, 2.24) is 4.57 Å². The van der Waals surface area contributed by atoms with E-state index in [0.29, 0.717) is 11.1 Å². The van der Waals surface area contributed by atoms with Gasteiger partial charge in [-0.2, -0.15) is 0 Å². The first-order valence-electron chi connectivity index (χ1n) is 10.5. The zero-order chi connectivity index (χ0) is 24.5. The summed E-state index contributed by atoms with van der Waals surface area (Å²) >= 11 is 0. The fraction of sp³-hybridized carbons (Fsp3) is 0.160. The largest absolute Gasteiger partial charge is 0.493 e. The lowest BCUT2D eigenvalue weighted by Gasteiger charge is -2.23. The highest BCUT2D eigenvalue weighted by Crippen LogP contribution is 2.37. The van der Waals surface area contributed by atoms with E-state index in [9.17, 15) is 18.3 Å². The second-order valence-corrected chi connectivity index (χ2v) is 9.90. The van der Waals surface area contributed by atoms with Gasteiger partial charge in [0.1, 0.15) is 0 Å². The van der Waals surface area contributed by atoms with Gasteiger partial charge in [0.25, 0.3) is 5.91 Å². The summed E-state index contributed by atoms with van der Waals surface area (Å²) in [5.41, 5.74) is 3.53. The number of para-hydroxylation sites is 1. The van der Waals surface area contributed by atoms with Gasteiger partial charge in [-0.25, -0.2) is 8.42 Å². The molecule has 1 aromatic heterocycles. The number of rotatable bonds is 6. The maximum atomic E-state index is 12.6. The van der Waals surface area contributed by atoms with Gasteiger partial charge in [0.2, 0.25) is 15.9 Å². The van der Waals surface area contributed by atoms with Gasteiger partial charge in [0.15, 0.2) is 5.69 Å². The molecule has 9 heteroatoms. The third-order valence-electron chi connectivity index (χ3n) is 5.67. The molecular weight excluding hydrogens is 452 g/mol. The van der Waals surface area contributed by atoms with Crippen molar-refractivity contribution in [2.75, 3.05) is 10.6 Å². The van der Waals surface area contributed by atoms with Crippen molar-refractivity contribution in [3.63, 3.8) is 0 Å². The number of carbonyl (C=O) groups is 1. The van der Waals surface area contributed by atoms with E-state index in [0.717, 1.165) is 22.9 Å². The summed E-state index contributed by atoms with van der Waals surface area (Å²) in [6.45, 7) is 2.11. The molecule has 174 valence electrons. The van der Waals surface area contributed by atoms with Gasteiger partial charge in [-0.05, 0) is 48.4 Å². The quantitative estimate of drug-likeness (QED) is 0.392. The SMILES string of the molecule is Cc1ccccc1CN(c1ccc(C(=O)N=Nc2c(O)n(C)c3ccccc23)cc1)S(C)(=O)=O. The zero-order valence-electron chi connectivity index (χ0n) is 19.0. The molecule has 8 nitrogen and oxygen atoms in total. The molecule has 4 aromatic rings. The van der Waals surface area contributed by atoms with E-state index in [1.165, 1.54) is 16.4 Å². The Morgan fingerprint density at radius 3 is 2.32 bits per heavy atom. The molecule has 1 heterocycles. The molecule has 3 aromatic carbocycles. The fourth-order valence-corrected chi connectivity index (χ4v) is 4.60. The van der Waals surface area contributed by atoms with Crippen LogP contribution in [-0.2, 0) is 23.6 Å². The maximum absolute atomic E-state index is 12.6. The number of sulfonamides is 1. The van der Waals surface area contributed by atoms with Crippen LogP contribution in [0.1, 0.15) is 21.5 Å². The topological polar surface area (TPSA) is 104 Å². The zero-order valence-corrected chi connectivity index (χ0v) is 19.8. The molecule has 0 radical (unpaired) electrons. The molecule has 0 atom stereocenters. The van der Waals surface area contributed by atoms with E-state index < -0.39 is 15.9 Å². The standard InChI is InChI=1S/C25H24N4O4S/c1-17-8-4-5-9-19(17)16-29(34(3,32)33)20-14-12-18(13-15-20)24(30)27-26-23-21-10-6-7-11-22(21)28(2)25(23)31/h4-15,31H,16H2,1-3H3. The number of anilines is 1. The molecule has 0 unspecified atom stereocenters. The fourth-order valence-electron chi connectivity index (χ4n) is 3.72. The molecular formula is C25H24N4O4S. The second-order valence-electron chi connectivity index (χ2n) is 8.00. The molecule has 0 fully saturated rings. The number of fused-ring (bicyclic) bond motifs is 1. The first kappa shape index (κ1) is 23.2. The highest BCUT2D eigenvalue weighted by molar-refractivity contribution is 7.92. The predicted molar refractivity (Wildman–Crippen MR) is 132 cm³/mol. The molecule has 0 bridgehead atoms. The van der Waals surface area contributed by atoms with Crippen LogP contribution < -0.4 is 4.31 Å². The van der Waals surface area contributed by atoms with Crippen LogP contribution in [0.15, 0.2) is 83.0 Å². The van der Waals surface area contributed by atoms with Crippen LogP contribution in [0.4, 0.5) is 11.4 Å². The van der Waals surface area contributed by atoms with Crippen LogP contribution >= 0.6 is 0 Å². The molecule has 0 aliphatic rings. The van der Waals surface area contributed by atoms with Crippen LogP contribution in [0.25, 0.3) is 10.9 Å². The monoisotopic (exact) mass is 476 g/mol. The van der Waals surface area contributed by atoms with Gasteiger partial charge in [-0.1, -0.05) is 42.5 Å². The lowest BCUT2D eigenvalue weighted by atomic mass is 10.1. The maximum Gasteiger partial charge on any atom is 0.295 e. The number of nitrogens with zero attached hydrogens (tertiary/aromatic N) is 4. The molecule has 1 amide bonds. The number of aryl methyl sites for hydroxylation is 2. The summed E-state index contributed by atoms with van der Waals surface area (Å²) in [5, 5.41) is 18.8. The van der Waals surface area contributed by atoms with E-state index in [1.807, 2.05) is 49.4 Å². The van der Waals surface area contributed by atoms with Gasteiger partial charge in [-0.3, -0.25) is 9.10 Å². The van der Waals surface area contributed by atoms with Gasteiger partial charge < -0.3 is 9.67 Å². The number of carbonyl (C=O) groups excluding carboxylic acids is 1. The van der Waals surface area contributed by atoms with Crippen LogP contribution in [-0.4, -0.2) is 30.3 Å². The van der Waals surface area contributed by atoms with Gasteiger partial charge in [-0.15, -0.1) is 10.2 Å².